The molecule has 0 amide bonds. The maximum absolute atomic E-state index is 5.93. The fourth-order valence-corrected chi connectivity index (χ4v) is 2.19. The molecule has 1 unspecified atom stereocenters. The third-order valence-electron chi connectivity index (χ3n) is 3.43. The Labute approximate surface area is 94.8 Å². The van der Waals surface area contributed by atoms with Gasteiger partial charge in [0, 0.05) is 12.6 Å². The van der Waals surface area contributed by atoms with Crippen molar-refractivity contribution in [1.29, 1.82) is 0 Å². The summed E-state index contributed by atoms with van der Waals surface area (Å²) in [7, 11) is 2.02. The fraction of sp³-hybridized carbons (Fsp3) is 1.00. The molecule has 0 aliphatic heterocycles. The number of hydrogen-bond acceptors (Lipinski definition) is 2. The monoisotopic (exact) mass is 213 g/mol. The van der Waals surface area contributed by atoms with Gasteiger partial charge in [0.25, 0.3) is 0 Å². The molecule has 0 radical (unpaired) electrons. The molecule has 1 aliphatic carbocycles. The molecule has 0 aromatic rings. The predicted octanol–water partition coefficient (Wildman–Crippen LogP) is 3.11. The average Bonchev–Trinajstić information content (AvgIpc) is 2.52. The SMILES string of the molecule is CNC(C)CCCOC1CCCCCC1. The van der Waals surface area contributed by atoms with Crippen LogP contribution in [0, 0.1) is 0 Å². The maximum Gasteiger partial charge on any atom is 0.0575 e. The molecular formula is C13H27NO. The molecule has 1 N–H and O–H groups in total. The molecular weight excluding hydrogens is 186 g/mol. The molecule has 0 aromatic carbocycles. The van der Waals surface area contributed by atoms with Crippen molar-refractivity contribution in [2.24, 2.45) is 0 Å². The van der Waals surface area contributed by atoms with Gasteiger partial charge in [-0.15, -0.1) is 0 Å². The van der Waals surface area contributed by atoms with Crippen LogP contribution in [-0.4, -0.2) is 25.8 Å². The maximum atomic E-state index is 5.93. The summed E-state index contributed by atoms with van der Waals surface area (Å²) in [6.45, 7) is 3.18. The lowest BCUT2D eigenvalue weighted by Crippen LogP contribution is -2.22. The third kappa shape index (κ3) is 6.16. The normalized spacial score (nSPS) is 21.2. The smallest absolute Gasteiger partial charge is 0.0575 e. The second kappa shape index (κ2) is 8.12. The van der Waals surface area contributed by atoms with Gasteiger partial charge in [-0.1, -0.05) is 25.7 Å². The highest BCUT2D eigenvalue weighted by Crippen LogP contribution is 2.19. The van der Waals surface area contributed by atoms with Gasteiger partial charge in [-0.05, 0) is 39.7 Å². The topological polar surface area (TPSA) is 21.3 Å². The molecule has 2 heteroatoms. The minimum Gasteiger partial charge on any atom is -0.378 e. The van der Waals surface area contributed by atoms with E-state index in [0.717, 1.165) is 6.61 Å². The van der Waals surface area contributed by atoms with E-state index < -0.39 is 0 Å². The first-order valence-electron chi connectivity index (χ1n) is 6.62. The third-order valence-corrected chi connectivity index (χ3v) is 3.43. The van der Waals surface area contributed by atoms with Gasteiger partial charge in [0.1, 0.15) is 0 Å². The van der Waals surface area contributed by atoms with E-state index in [1.807, 2.05) is 7.05 Å². The van der Waals surface area contributed by atoms with E-state index in [4.69, 9.17) is 4.74 Å². The highest BCUT2D eigenvalue weighted by Gasteiger charge is 2.12. The second-order valence-corrected chi connectivity index (χ2v) is 4.82. The Morgan fingerprint density at radius 1 is 1.20 bits per heavy atom. The van der Waals surface area contributed by atoms with Crippen molar-refractivity contribution in [3.05, 3.63) is 0 Å². The molecule has 0 saturated heterocycles. The van der Waals surface area contributed by atoms with Crippen molar-refractivity contribution in [3.8, 4) is 0 Å². The van der Waals surface area contributed by atoms with Crippen LogP contribution in [0.2, 0.25) is 0 Å². The minimum absolute atomic E-state index is 0.567. The van der Waals surface area contributed by atoms with Crippen LogP contribution in [0.4, 0.5) is 0 Å². The van der Waals surface area contributed by atoms with E-state index in [-0.39, 0.29) is 0 Å². The van der Waals surface area contributed by atoms with Gasteiger partial charge in [0.05, 0.1) is 6.10 Å². The quantitative estimate of drug-likeness (QED) is 0.541. The Bertz CT molecular complexity index is 141. The zero-order chi connectivity index (χ0) is 10.9. The molecule has 0 spiro atoms. The molecule has 0 bridgehead atoms. The van der Waals surface area contributed by atoms with Gasteiger partial charge < -0.3 is 10.1 Å². The van der Waals surface area contributed by atoms with Crippen molar-refractivity contribution in [3.63, 3.8) is 0 Å². The summed E-state index contributed by atoms with van der Waals surface area (Å²) in [6, 6.07) is 0.628. The van der Waals surface area contributed by atoms with E-state index in [1.54, 1.807) is 0 Å². The Morgan fingerprint density at radius 3 is 2.47 bits per heavy atom. The van der Waals surface area contributed by atoms with Gasteiger partial charge in [-0.3, -0.25) is 0 Å². The summed E-state index contributed by atoms with van der Waals surface area (Å²) in [4.78, 5) is 0. The van der Waals surface area contributed by atoms with Crippen LogP contribution < -0.4 is 5.32 Å². The number of hydrogen-bond donors (Lipinski definition) is 1. The molecule has 90 valence electrons. The highest BCUT2D eigenvalue weighted by molar-refractivity contribution is 4.64. The molecule has 0 heterocycles. The van der Waals surface area contributed by atoms with Crippen molar-refractivity contribution < 1.29 is 4.74 Å². The largest absolute Gasteiger partial charge is 0.378 e. The Kier molecular flexibility index (Phi) is 7.03. The zero-order valence-electron chi connectivity index (χ0n) is 10.4. The lowest BCUT2D eigenvalue weighted by Gasteiger charge is -2.16. The van der Waals surface area contributed by atoms with Crippen LogP contribution >= 0.6 is 0 Å². The Hall–Kier alpha value is -0.0800. The molecule has 1 saturated carbocycles. The Balaban J connectivity index is 1.98. The van der Waals surface area contributed by atoms with Crippen molar-refractivity contribution in [2.45, 2.75) is 70.4 Å². The van der Waals surface area contributed by atoms with Crippen LogP contribution in [0.3, 0.4) is 0 Å². The van der Waals surface area contributed by atoms with E-state index in [0.29, 0.717) is 12.1 Å². The lowest BCUT2D eigenvalue weighted by molar-refractivity contribution is 0.0402. The first-order chi connectivity index (χ1) is 7.33. The summed E-state index contributed by atoms with van der Waals surface area (Å²) in [5, 5.41) is 3.26. The van der Waals surface area contributed by atoms with Crippen LogP contribution in [0.1, 0.15) is 58.3 Å². The van der Waals surface area contributed by atoms with Gasteiger partial charge in [0.2, 0.25) is 0 Å². The number of nitrogens with one attached hydrogen (secondary N) is 1. The van der Waals surface area contributed by atoms with Gasteiger partial charge in [-0.25, -0.2) is 0 Å². The zero-order valence-corrected chi connectivity index (χ0v) is 10.4. The first-order valence-corrected chi connectivity index (χ1v) is 6.62. The molecule has 1 aliphatic rings. The summed E-state index contributed by atoms with van der Waals surface area (Å²) in [6.07, 6.45) is 11.1. The number of rotatable bonds is 6. The lowest BCUT2D eigenvalue weighted by atomic mass is 10.1. The standard InChI is InChI=1S/C13H27NO/c1-12(14-2)8-7-11-15-13-9-5-3-4-6-10-13/h12-14H,3-11H2,1-2H3. The molecule has 1 fully saturated rings. The highest BCUT2D eigenvalue weighted by atomic mass is 16.5. The summed E-state index contributed by atoms with van der Waals surface area (Å²) in [5.41, 5.74) is 0. The van der Waals surface area contributed by atoms with Gasteiger partial charge in [-0.2, -0.15) is 0 Å². The van der Waals surface area contributed by atoms with Crippen LogP contribution in [0.25, 0.3) is 0 Å². The average molecular weight is 213 g/mol. The summed E-state index contributed by atoms with van der Waals surface area (Å²) in [5.74, 6) is 0. The summed E-state index contributed by atoms with van der Waals surface area (Å²) < 4.78 is 5.93. The van der Waals surface area contributed by atoms with E-state index in [9.17, 15) is 0 Å². The van der Waals surface area contributed by atoms with Crippen molar-refractivity contribution in [2.75, 3.05) is 13.7 Å². The van der Waals surface area contributed by atoms with Crippen LogP contribution in [-0.2, 0) is 4.74 Å². The van der Waals surface area contributed by atoms with Crippen LogP contribution in [0.5, 0.6) is 0 Å². The van der Waals surface area contributed by atoms with E-state index in [1.165, 1.54) is 51.4 Å². The molecule has 1 atom stereocenters. The van der Waals surface area contributed by atoms with Gasteiger partial charge in [0.15, 0.2) is 0 Å². The number of ether oxygens (including phenoxy) is 1. The molecule has 15 heavy (non-hydrogen) atoms. The molecule has 2 nitrogen and oxygen atoms in total. The minimum atomic E-state index is 0.567. The predicted molar refractivity (Wildman–Crippen MR) is 65.2 cm³/mol. The van der Waals surface area contributed by atoms with E-state index >= 15 is 0 Å². The second-order valence-electron chi connectivity index (χ2n) is 4.82. The van der Waals surface area contributed by atoms with Gasteiger partial charge >= 0.3 is 0 Å². The van der Waals surface area contributed by atoms with E-state index in [2.05, 4.69) is 12.2 Å². The van der Waals surface area contributed by atoms with Crippen LogP contribution in [0.15, 0.2) is 0 Å². The van der Waals surface area contributed by atoms with Crippen molar-refractivity contribution >= 4 is 0 Å². The van der Waals surface area contributed by atoms with Crippen molar-refractivity contribution in [1.82, 2.24) is 5.32 Å². The summed E-state index contributed by atoms with van der Waals surface area (Å²) >= 11 is 0. The molecule has 1 rings (SSSR count). The first kappa shape index (κ1) is 13.0. The Morgan fingerprint density at radius 2 is 1.87 bits per heavy atom. The fourth-order valence-electron chi connectivity index (χ4n) is 2.19. The molecule has 0 aromatic heterocycles.